The van der Waals surface area contributed by atoms with Gasteiger partial charge in [-0.1, -0.05) is 18.2 Å². The van der Waals surface area contributed by atoms with Crippen molar-refractivity contribution in [3.8, 4) is 5.75 Å². The van der Waals surface area contributed by atoms with E-state index in [4.69, 9.17) is 24.5 Å². The molecular formula is C22H26N2O7S. The molecule has 0 saturated carbocycles. The molecule has 0 heterocycles. The summed E-state index contributed by atoms with van der Waals surface area (Å²) in [5.41, 5.74) is 2.50. The first-order chi connectivity index (χ1) is 15.5. The average molecular weight is 463 g/mol. The van der Waals surface area contributed by atoms with E-state index >= 15 is 0 Å². The number of para-hydroxylation sites is 1. The largest absolute Gasteiger partial charge is 0.491 e. The maximum absolute atomic E-state index is 12.7. The minimum Gasteiger partial charge on any atom is -0.491 e. The minimum atomic E-state index is -1.01. The van der Waals surface area contributed by atoms with Gasteiger partial charge in [-0.25, -0.2) is 10.3 Å². The van der Waals surface area contributed by atoms with Crippen molar-refractivity contribution in [3.05, 3.63) is 66.2 Å². The zero-order valence-electron chi connectivity index (χ0n) is 17.7. The number of thioether (sulfide) groups is 1. The summed E-state index contributed by atoms with van der Waals surface area (Å²) in [6.07, 6.45) is 1.71. The van der Waals surface area contributed by atoms with Crippen LogP contribution in [-0.2, 0) is 14.3 Å². The van der Waals surface area contributed by atoms with E-state index in [2.05, 4.69) is 5.32 Å². The third-order valence-corrected chi connectivity index (χ3v) is 5.01. The zero-order chi connectivity index (χ0) is 23.3. The van der Waals surface area contributed by atoms with Gasteiger partial charge in [-0.2, -0.15) is 0 Å². The highest BCUT2D eigenvalue weighted by atomic mass is 32.2. The Morgan fingerprint density at radius 1 is 1.16 bits per heavy atom. The van der Waals surface area contributed by atoms with Crippen LogP contribution < -0.4 is 15.5 Å². The number of benzene rings is 2. The van der Waals surface area contributed by atoms with Gasteiger partial charge in [0.25, 0.3) is 5.91 Å². The maximum Gasteiger partial charge on any atom is 0.412 e. The van der Waals surface area contributed by atoms with Crippen LogP contribution in [0, 0.1) is 0 Å². The number of anilines is 1. The van der Waals surface area contributed by atoms with Gasteiger partial charge < -0.3 is 19.3 Å². The van der Waals surface area contributed by atoms with Crippen molar-refractivity contribution < 1.29 is 34.1 Å². The Bertz CT molecular complexity index is 905. The molecule has 32 heavy (non-hydrogen) atoms. The number of methoxy groups -OCH3 is 1. The van der Waals surface area contributed by atoms with Crippen LogP contribution in [0.3, 0.4) is 0 Å². The fraction of sp³-hybridized carbons (Fsp3) is 0.273. The molecule has 0 aromatic heterocycles. The van der Waals surface area contributed by atoms with Gasteiger partial charge in [0, 0.05) is 29.3 Å². The number of rotatable bonds is 11. The topological polar surface area (TPSA) is 126 Å². The van der Waals surface area contributed by atoms with Crippen LogP contribution in [0.15, 0.2) is 65.6 Å². The van der Waals surface area contributed by atoms with Crippen molar-refractivity contribution in [2.45, 2.75) is 17.1 Å². The van der Waals surface area contributed by atoms with Gasteiger partial charge in [0.1, 0.15) is 18.5 Å². The van der Waals surface area contributed by atoms with Crippen molar-refractivity contribution >= 4 is 29.4 Å². The molecule has 2 rings (SSSR count). The summed E-state index contributed by atoms with van der Waals surface area (Å²) in [6, 6.07) is 14.0. The lowest BCUT2D eigenvalue weighted by Crippen LogP contribution is -2.28. The molecule has 0 bridgehead atoms. The molecule has 172 valence electrons. The number of aliphatic hydroxyl groups is 1. The number of nitrogens with one attached hydrogen (secondary N) is 2. The molecule has 0 spiro atoms. The lowest BCUT2D eigenvalue weighted by molar-refractivity contribution is -0.124. The number of carbonyl (C=O) groups excluding carboxylic acids is 2. The van der Waals surface area contributed by atoms with Crippen molar-refractivity contribution in [1.29, 1.82) is 0 Å². The van der Waals surface area contributed by atoms with E-state index in [0.29, 0.717) is 17.0 Å². The second kappa shape index (κ2) is 13.4. The van der Waals surface area contributed by atoms with Crippen molar-refractivity contribution in [3.63, 3.8) is 0 Å². The summed E-state index contributed by atoms with van der Waals surface area (Å²) in [4.78, 5) is 25.2. The predicted octanol–water partition coefficient (Wildman–Crippen LogP) is 3.15. The third kappa shape index (κ3) is 7.57. The number of hydroxylamine groups is 1. The SMILES string of the molecule is CO[C@@H](/C=C/C(=O)NO)[C@@H](OC(=O)Nc1ccc(SC)cc1)c1ccccc1OCCO. The summed E-state index contributed by atoms with van der Waals surface area (Å²) in [5.74, 6) is -0.389. The van der Waals surface area contributed by atoms with Crippen LogP contribution in [0.1, 0.15) is 11.7 Å². The number of amides is 2. The highest BCUT2D eigenvalue weighted by Crippen LogP contribution is 2.32. The van der Waals surface area contributed by atoms with Gasteiger partial charge in [-0.15, -0.1) is 11.8 Å². The van der Waals surface area contributed by atoms with E-state index in [0.717, 1.165) is 11.0 Å². The molecular weight excluding hydrogens is 436 g/mol. The fourth-order valence-corrected chi connectivity index (χ4v) is 3.18. The summed E-state index contributed by atoms with van der Waals surface area (Å²) < 4.78 is 16.7. The number of hydrogen-bond donors (Lipinski definition) is 4. The van der Waals surface area contributed by atoms with Gasteiger partial charge in [-0.3, -0.25) is 15.3 Å². The Balaban J connectivity index is 2.31. The molecule has 2 atom stereocenters. The van der Waals surface area contributed by atoms with E-state index in [1.807, 2.05) is 18.4 Å². The Hall–Kier alpha value is -3.05. The Kier molecular flexibility index (Phi) is 10.5. The average Bonchev–Trinajstić information content (AvgIpc) is 2.82. The van der Waals surface area contributed by atoms with E-state index < -0.39 is 24.2 Å². The normalized spacial score (nSPS) is 12.8. The molecule has 2 amide bonds. The minimum absolute atomic E-state index is 0.0398. The fourth-order valence-electron chi connectivity index (χ4n) is 2.77. The first-order valence-corrected chi connectivity index (χ1v) is 10.8. The zero-order valence-corrected chi connectivity index (χ0v) is 18.5. The van der Waals surface area contributed by atoms with Crippen molar-refractivity contribution in [2.24, 2.45) is 0 Å². The molecule has 0 unspecified atom stereocenters. The molecule has 9 nitrogen and oxygen atoms in total. The van der Waals surface area contributed by atoms with Crippen LogP contribution in [0.25, 0.3) is 0 Å². The summed E-state index contributed by atoms with van der Waals surface area (Å²) in [5, 5.41) is 20.5. The standard InChI is InChI=1S/C22H26N2O7S/c1-29-19(11-12-20(26)24-28)21(17-5-3-4-6-18(17)30-14-13-25)31-22(27)23-15-7-9-16(32-2)10-8-15/h3-12,19,21,25,28H,13-14H2,1-2H3,(H,23,27)(H,24,26)/b12-11+/t19-,21-/m0/s1. The molecule has 10 heteroatoms. The van der Waals surface area contributed by atoms with Crippen LogP contribution in [0.5, 0.6) is 5.75 Å². The number of hydrogen-bond acceptors (Lipinski definition) is 8. The lowest BCUT2D eigenvalue weighted by Gasteiger charge is -2.26. The Morgan fingerprint density at radius 3 is 2.50 bits per heavy atom. The van der Waals surface area contributed by atoms with Gasteiger partial charge in [0.05, 0.1) is 6.61 Å². The van der Waals surface area contributed by atoms with Crippen LogP contribution in [0.4, 0.5) is 10.5 Å². The molecule has 2 aromatic carbocycles. The van der Waals surface area contributed by atoms with Crippen LogP contribution >= 0.6 is 11.8 Å². The summed E-state index contributed by atoms with van der Waals surface area (Å²) in [6.45, 7) is -0.158. The monoisotopic (exact) mass is 462 g/mol. The Labute approximate surface area is 190 Å². The maximum atomic E-state index is 12.7. The van der Waals surface area contributed by atoms with Crippen molar-refractivity contribution in [1.82, 2.24) is 5.48 Å². The molecule has 2 aromatic rings. The van der Waals surface area contributed by atoms with Crippen LogP contribution in [0.2, 0.25) is 0 Å². The molecule has 0 radical (unpaired) electrons. The number of aliphatic hydroxyl groups excluding tert-OH is 1. The molecule has 4 N–H and O–H groups in total. The Morgan fingerprint density at radius 2 is 1.88 bits per heavy atom. The second-order valence-corrected chi connectivity index (χ2v) is 7.20. The first kappa shape index (κ1) is 25.2. The molecule has 0 aliphatic rings. The van der Waals surface area contributed by atoms with E-state index in [1.54, 1.807) is 48.2 Å². The molecule has 0 aliphatic heterocycles. The summed E-state index contributed by atoms with van der Waals surface area (Å²) in [7, 11) is 1.39. The van der Waals surface area contributed by atoms with E-state index in [-0.39, 0.29) is 13.2 Å². The first-order valence-electron chi connectivity index (χ1n) is 9.61. The highest BCUT2D eigenvalue weighted by molar-refractivity contribution is 7.98. The summed E-state index contributed by atoms with van der Waals surface area (Å²) >= 11 is 1.58. The van der Waals surface area contributed by atoms with E-state index in [1.165, 1.54) is 18.7 Å². The quantitative estimate of drug-likeness (QED) is 0.174. The van der Waals surface area contributed by atoms with Gasteiger partial charge in [-0.05, 0) is 42.7 Å². The van der Waals surface area contributed by atoms with Gasteiger partial charge in [0.2, 0.25) is 0 Å². The van der Waals surface area contributed by atoms with Crippen molar-refractivity contribution in [2.75, 3.05) is 31.9 Å². The highest BCUT2D eigenvalue weighted by Gasteiger charge is 2.28. The van der Waals surface area contributed by atoms with Gasteiger partial charge >= 0.3 is 6.09 Å². The molecule has 0 saturated heterocycles. The third-order valence-electron chi connectivity index (χ3n) is 4.26. The van der Waals surface area contributed by atoms with E-state index in [9.17, 15) is 9.59 Å². The van der Waals surface area contributed by atoms with Crippen LogP contribution in [-0.4, -0.2) is 55.0 Å². The molecule has 0 fully saturated rings. The molecule has 0 aliphatic carbocycles. The van der Waals surface area contributed by atoms with Gasteiger partial charge in [0.15, 0.2) is 6.10 Å². The predicted molar refractivity (Wildman–Crippen MR) is 120 cm³/mol. The smallest absolute Gasteiger partial charge is 0.412 e. The lowest BCUT2D eigenvalue weighted by atomic mass is 10.0. The second-order valence-electron chi connectivity index (χ2n) is 6.32. The number of ether oxygens (including phenoxy) is 3. The number of carbonyl (C=O) groups is 2.